The van der Waals surface area contributed by atoms with Crippen LogP contribution in [0.1, 0.15) is 19.8 Å². The maximum atomic E-state index is 13.6. The Bertz CT molecular complexity index is 527. The molecule has 1 aromatic carbocycles. The first-order chi connectivity index (χ1) is 8.22. The molecule has 2 rings (SSSR count). The van der Waals surface area contributed by atoms with Crippen molar-refractivity contribution >= 4 is 22.7 Å². The zero-order valence-electron chi connectivity index (χ0n) is 9.70. The van der Waals surface area contributed by atoms with Gasteiger partial charge < -0.3 is 11.1 Å². The molecule has 5 heteroatoms. The van der Waals surface area contributed by atoms with Crippen LogP contribution >= 0.6 is 0 Å². The molecule has 0 aliphatic rings. The summed E-state index contributed by atoms with van der Waals surface area (Å²) in [5.41, 5.74) is 5.83. The van der Waals surface area contributed by atoms with Gasteiger partial charge in [-0.2, -0.15) is 4.98 Å². The average Bonchev–Trinajstić information content (AvgIpc) is 2.31. The highest BCUT2D eigenvalue weighted by atomic mass is 19.1. The lowest BCUT2D eigenvalue weighted by molar-refractivity contribution is 0.636. The van der Waals surface area contributed by atoms with Crippen LogP contribution < -0.4 is 11.1 Å². The van der Waals surface area contributed by atoms with Crippen molar-refractivity contribution in [2.75, 3.05) is 17.6 Å². The number of nitrogens with one attached hydrogen (secondary N) is 1. The lowest BCUT2D eigenvalue weighted by atomic mass is 10.2. The minimum absolute atomic E-state index is 0.0848. The minimum Gasteiger partial charge on any atom is -0.369 e. The predicted molar refractivity (Wildman–Crippen MR) is 67.3 cm³/mol. The first kappa shape index (κ1) is 11.6. The van der Waals surface area contributed by atoms with Gasteiger partial charge >= 0.3 is 0 Å². The Morgan fingerprint density at radius 2 is 2.18 bits per heavy atom. The van der Waals surface area contributed by atoms with Crippen LogP contribution in [0.4, 0.5) is 16.2 Å². The van der Waals surface area contributed by atoms with Crippen molar-refractivity contribution in [1.82, 2.24) is 9.97 Å². The number of nitrogens with two attached hydrogens (primary N) is 1. The third-order valence-corrected chi connectivity index (χ3v) is 2.52. The normalized spacial score (nSPS) is 10.7. The molecule has 0 amide bonds. The maximum absolute atomic E-state index is 13.6. The fourth-order valence-corrected chi connectivity index (χ4v) is 1.65. The SMILES string of the molecule is CCCCNc1nc(N)nc2c(F)cccc12. The molecule has 0 saturated heterocycles. The second-order valence-electron chi connectivity index (χ2n) is 3.85. The average molecular weight is 234 g/mol. The van der Waals surface area contributed by atoms with E-state index in [-0.39, 0.29) is 17.3 Å². The maximum Gasteiger partial charge on any atom is 0.222 e. The molecule has 17 heavy (non-hydrogen) atoms. The highest BCUT2D eigenvalue weighted by Gasteiger charge is 2.08. The van der Waals surface area contributed by atoms with Gasteiger partial charge in [0, 0.05) is 11.9 Å². The Morgan fingerprint density at radius 3 is 2.94 bits per heavy atom. The van der Waals surface area contributed by atoms with Gasteiger partial charge in [0.2, 0.25) is 5.95 Å². The van der Waals surface area contributed by atoms with E-state index in [1.165, 1.54) is 6.07 Å². The molecule has 0 fully saturated rings. The van der Waals surface area contributed by atoms with Gasteiger partial charge in [-0.3, -0.25) is 0 Å². The molecular weight excluding hydrogens is 219 g/mol. The number of halogens is 1. The summed E-state index contributed by atoms with van der Waals surface area (Å²) in [5, 5.41) is 3.82. The van der Waals surface area contributed by atoms with Crippen LogP contribution in [0, 0.1) is 5.82 Å². The summed E-state index contributed by atoms with van der Waals surface area (Å²) in [6.07, 6.45) is 2.11. The molecule has 1 heterocycles. The van der Waals surface area contributed by atoms with Crippen LogP contribution in [0.25, 0.3) is 10.9 Å². The number of unbranched alkanes of at least 4 members (excludes halogenated alkanes) is 1. The van der Waals surface area contributed by atoms with E-state index in [9.17, 15) is 4.39 Å². The summed E-state index contributed by atoms with van der Waals surface area (Å²) < 4.78 is 13.6. The number of nitrogens with zero attached hydrogens (tertiary/aromatic N) is 2. The third kappa shape index (κ3) is 2.43. The van der Waals surface area contributed by atoms with Gasteiger partial charge in [-0.1, -0.05) is 19.4 Å². The zero-order chi connectivity index (χ0) is 12.3. The predicted octanol–water partition coefficient (Wildman–Crippen LogP) is 2.56. The molecule has 1 aromatic heterocycles. The summed E-state index contributed by atoms with van der Waals surface area (Å²) in [5.74, 6) is 0.303. The molecule has 0 bridgehead atoms. The van der Waals surface area contributed by atoms with Crippen molar-refractivity contribution < 1.29 is 4.39 Å². The van der Waals surface area contributed by atoms with E-state index in [1.54, 1.807) is 12.1 Å². The first-order valence-electron chi connectivity index (χ1n) is 5.68. The van der Waals surface area contributed by atoms with E-state index in [1.807, 2.05) is 0 Å². The number of hydrogen-bond donors (Lipinski definition) is 2. The van der Waals surface area contributed by atoms with Gasteiger partial charge in [-0.25, -0.2) is 9.37 Å². The highest BCUT2D eigenvalue weighted by Crippen LogP contribution is 2.23. The fraction of sp³-hybridized carbons (Fsp3) is 0.333. The van der Waals surface area contributed by atoms with Crippen molar-refractivity contribution in [1.29, 1.82) is 0 Å². The van der Waals surface area contributed by atoms with Crippen molar-refractivity contribution in [2.45, 2.75) is 19.8 Å². The second-order valence-corrected chi connectivity index (χ2v) is 3.85. The fourth-order valence-electron chi connectivity index (χ4n) is 1.65. The largest absolute Gasteiger partial charge is 0.369 e. The monoisotopic (exact) mass is 234 g/mol. The number of aromatic nitrogens is 2. The summed E-state index contributed by atoms with van der Waals surface area (Å²) in [6, 6.07) is 4.79. The first-order valence-corrected chi connectivity index (χ1v) is 5.68. The van der Waals surface area contributed by atoms with Gasteiger partial charge in [0.05, 0.1) is 0 Å². The van der Waals surface area contributed by atoms with Gasteiger partial charge in [-0.15, -0.1) is 0 Å². The molecule has 0 aliphatic heterocycles. The molecule has 0 unspecified atom stereocenters. The Kier molecular flexibility index (Phi) is 3.37. The molecule has 3 N–H and O–H groups in total. The van der Waals surface area contributed by atoms with Crippen LogP contribution in [0.2, 0.25) is 0 Å². The third-order valence-electron chi connectivity index (χ3n) is 2.52. The summed E-state index contributed by atoms with van der Waals surface area (Å²) in [6.45, 7) is 2.90. The van der Waals surface area contributed by atoms with Gasteiger partial charge in [-0.05, 0) is 18.6 Å². The minimum atomic E-state index is -0.379. The van der Waals surface area contributed by atoms with Crippen molar-refractivity contribution in [3.8, 4) is 0 Å². The molecule has 90 valence electrons. The van der Waals surface area contributed by atoms with Crippen LogP contribution in [-0.4, -0.2) is 16.5 Å². The quantitative estimate of drug-likeness (QED) is 0.798. The number of benzene rings is 1. The number of nitrogen functional groups attached to an aromatic ring is 1. The molecule has 4 nitrogen and oxygen atoms in total. The Morgan fingerprint density at radius 1 is 1.35 bits per heavy atom. The summed E-state index contributed by atoms with van der Waals surface area (Å²) in [7, 11) is 0. The molecular formula is C12H15FN4. The molecule has 0 spiro atoms. The van der Waals surface area contributed by atoms with E-state index < -0.39 is 0 Å². The summed E-state index contributed by atoms with van der Waals surface area (Å²) in [4.78, 5) is 8.02. The lowest BCUT2D eigenvalue weighted by Gasteiger charge is -2.09. The van der Waals surface area contributed by atoms with Crippen LogP contribution in [0.3, 0.4) is 0 Å². The standard InChI is InChI=1S/C12H15FN4/c1-2-3-7-15-11-8-5-4-6-9(13)10(8)16-12(14)17-11/h4-6H,2-3,7H2,1H3,(H3,14,15,16,17). The van der Waals surface area contributed by atoms with Crippen molar-refractivity contribution in [3.05, 3.63) is 24.0 Å². The second kappa shape index (κ2) is 4.95. The summed E-state index contributed by atoms with van der Waals surface area (Å²) >= 11 is 0. The van der Waals surface area contributed by atoms with E-state index in [4.69, 9.17) is 5.73 Å². The molecule has 2 aromatic rings. The Labute approximate surface area is 99.1 Å². The number of rotatable bonds is 4. The lowest BCUT2D eigenvalue weighted by Crippen LogP contribution is -2.07. The number of hydrogen-bond acceptors (Lipinski definition) is 4. The topological polar surface area (TPSA) is 63.8 Å². The van der Waals surface area contributed by atoms with Gasteiger partial charge in [0.15, 0.2) is 0 Å². The zero-order valence-corrected chi connectivity index (χ0v) is 9.70. The van der Waals surface area contributed by atoms with E-state index in [2.05, 4.69) is 22.2 Å². The van der Waals surface area contributed by atoms with Crippen LogP contribution in [0.5, 0.6) is 0 Å². The Balaban J connectivity index is 2.43. The molecule has 0 radical (unpaired) electrons. The van der Waals surface area contributed by atoms with Gasteiger partial charge in [0.1, 0.15) is 17.2 Å². The van der Waals surface area contributed by atoms with Crippen molar-refractivity contribution in [3.63, 3.8) is 0 Å². The highest BCUT2D eigenvalue weighted by molar-refractivity contribution is 5.90. The van der Waals surface area contributed by atoms with Crippen LogP contribution in [-0.2, 0) is 0 Å². The van der Waals surface area contributed by atoms with E-state index >= 15 is 0 Å². The molecule has 0 atom stereocenters. The molecule has 0 aliphatic carbocycles. The number of fused-ring (bicyclic) bond motifs is 1. The smallest absolute Gasteiger partial charge is 0.222 e. The van der Waals surface area contributed by atoms with Crippen molar-refractivity contribution in [2.24, 2.45) is 0 Å². The van der Waals surface area contributed by atoms with E-state index in [0.29, 0.717) is 11.2 Å². The Hall–Kier alpha value is -1.91. The van der Waals surface area contributed by atoms with E-state index in [0.717, 1.165) is 19.4 Å². The van der Waals surface area contributed by atoms with Crippen LogP contribution in [0.15, 0.2) is 18.2 Å². The number of anilines is 2. The van der Waals surface area contributed by atoms with Gasteiger partial charge in [0.25, 0.3) is 0 Å². The molecule has 0 saturated carbocycles. The number of para-hydroxylation sites is 1.